The Hall–Kier alpha value is -4.31. The molecule has 1 saturated carbocycles. The molecular formula is C28H32N8O2. The van der Waals surface area contributed by atoms with E-state index in [0.29, 0.717) is 46.6 Å². The van der Waals surface area contributed by atoms with E-state index in [1.807, 2.05) is 50.5 Å². The number of benzene rings is 1. The highest BCUT2D eigenvalue weighted by Crippen LogP contribution is 2.49. The first-order valence-corrected chi connectivity index (χ1v) is 12.6. The van der Waals surface area contributed by atoms with Gasteiger partial charge in [-0.05, 0) is 50.7 Å². The lowest BCUT2D eigenvalue weighted by Crippen LogP contribution is -2.27. The molecule has 0 spiro atoms. The van der Waals surface area contributed by atoms with Crippen LogP contribution in [0.2, 0.25) is 0 Å². The molecule has 0 unspecified atom stereocenters. The Morgan fingerprint density at radius 1 is 1.05 bits per heavy atom. The molecule has 0 atom stereocenters. The summed E-state index contributed by atoms with van der Waals surface area (Å²) >= 11 is 0. The molecule has 5 rings (SSSR count). The van der Waals surface area contributed by atoms with Crippen molar-refractivity contribution in [1.82, 2.24) is 29.6 Å². The van der Waals surface area contributed by atoms with Gasteiger partial charge in [-0.25, -0.2) is 15.0 Å². The molecule has 1 aliphatic carbocycles. The Morgan fingerprint density at radius 2 is 1.84 bits per heavy atom. The van der Waals surface area contributed by atoms with Crippen LogP contribution in [0.3, 0.4) is 0 Å². The summed E-state index contributed by atoms with van der Waals surface area (Å²) in [6, 6.07) is 11.6. The quantitative estimate of drug-likeness (QED) is 0.286. The number of nitrogens with zero attached hydrogens (tertiary/aromatic N) is 6. The Bertz CT molecular complexity index is 1460. The number of hydrogen-bond acceptors (Lipinski definition) is 9. The number of anilines is 4. The van der Waals surface area contributed by atoms with Crippen LogP contribution in [-0.2, 0) is 12.6 Å². The second kappa shape index (κ2) is 10.2. The van der Waals surface area contributed by atoms with Crippen molar-refractivity contribution in [2.24, 2.45) is 7.05 Å². The first-order valence-electron chi connectivity index (χ1n) is 12.6. The largest absolute Gasteiger partial charge is 0.494 e. The van der Waals surface area contributed by atoms with Gasteiger partial charge in [0.2, 0.25) is 0 Å². The average molecular weight is 513 g/mol. The maximum atomic E-state index is 12.8. The van der Waals surface area contributed by atoms with Gasteiger partial charge in [-0.1, -0.05) is 19.1 Å². The van der Waals surface area contributed by atoms with E-state index < -0.39 is 0 Å². The first kappa shape index (κ1) is 25.3. The Morgan fingerprint density at radius 3 is 2.45 bits per heavy atom. The maximum absolute atomic E-state index is 12.8. The van der Waals surface area contributed by atoms with E-state index >= 15 is 0 Å². The normalized spacial score (nSPS) is 13.8. The van der Waals surface area contributed by atoms with Crippen LogP contribution in [0.5, 0.6) is 5.75 Å². The fraction of sp³-hybridized carbons (Fsp3) is 0.321. The molecule has 10 heteroatoms. The Balaban J connectivity index is 1.45. The zero-order valence-electron chi connectivity index (χ0n) is 22.3. The van der Waals surface area contributed by atoms with Crippen molar-refractivity contribution in [1.29, 1.82) is 0 Å². The van der Waals surface area contributed by atoms with Gasteiger partial charge in [0.15, 0.2) is 17.4 Å². The number of methoxy groups -OCH3 is 1. The number of ketones is 1. The number of hydrogen-bond donors (Lipinski definition) is 2. The van der Waals surface area contributed by atoms with Gasteiger partial charge >= 0.3 is 0 Å². The van der Waals surface area contributed by atoms with Crippen LogP contribution in [0.4, 0.5) is 23.0 Å². The number of aryl methyl sites for hydroxylation is 1. The summed E-state index contributed by atoms with van der Waals surface area (Å²) in [5, 5.41) is 11.1. The van der Waals surface area contributed by atoms with Gasteiger partial charge in [-0.3, -0.25) is 14.4 Å². The van der Waals surface area contributed by atoms with Gasteiger partial charge in [0.25, 0.3) is 0 Å². The van der Waals surface area contributed by atoms with Crippen LogP contribution < -0.4 is 15.4 Å². The Kier molecular flexibility index (Phi) is 6.81. The van der Waals surface area contributed by atoms with Crippen LogP contribution in [0.1, 0.15) is 42.1 Å². The van der Waals surface area contributed by atoms with Crippen LogP contribution in [-0.4, -0.2) is 56.6 Å². The van der Waals surface area contributed by atoms with Crippen molar-refractivity contribution >= 4 is 28.8 Å². The van der Waals surface area contributed by atoms with Crippen molar-refractivity contribution in [2.75, 3.05) is 31.8 Å². The molecule has 0 bridgehead atoms. The monoisotopic (exact) mass is 512 g/mol. The lowest BCUT2D eigenvalue weighted by atomic mass is 10.1. The van der Waals surface area contributed by atoms with E-state index in [1.54, 1.807) is 24.3 Å². The van der Waals surface area contributed by atoms with Gasteiger partial charge in [-0.2, -0.15) is 5.10 Å². The summed E-state index contributed by atoms with van der Waals surface area (Å²) in [4.78, 5) is 28.5. The average Bonchev–Trinajstić information content (AvgIpc) is 3.63. The third-order valence-corrected chi connectivity index (χ3v) is 6.99. The molecule has 10 nitrogen and oxygen atoms in total. The SMILES string of the molecule is CCC(=O)c1cnc(Nc2ccc(C3(N(C)C)CC3)cn2)cc1Nc1cccc(-c2ncn(C)n2)c1OC. The highest BCUT2D eigenvalue weighted by atomic mass is 16.5. The smallest absolute Gasteiger partial charge is 0.184 e. The number of para-hydroxylation sites is 1. The highest BCUT2D eigenvalue weighted by molar-refractivity contribution is 6.02. The molecule has 2 N–H and O–H groups in total. The molecule has 196 valence electrons. The zero-order valence-corrected chi connectivity index (χ0v) is 22.3. The third-order valence-electron chi connectivity index (χ3n) is 6.99. The van der Waals surface area contributed by atoms with E-state index in [4.69, 9.17) is 4.74 Å². The van der Waals surface area contributed by atoms with Crippen LogP contribution in [0.15, 0.2) is 55.1 Å². The van der Waals surface area contributed by atoms with Crippen molar-refractivity contribution in [2.45, 2.75) is 31.7 Å². The molecule has 4 aromatic rings. The minimum Gasteiger partial charge on any atom is -0.494 e. The summed E-state index contributed by atoms with van der Waals surface area (Å²) in [5.74, 6) is 2.35. The number of ether oxygens (including phenoxy) is 1. The molecular weight excluding hydrogens is 480 g/mol. The van der Waals surface area contributed by atoms with Gasteiger partial charge in [-0.15, -0.1) is 0 Å². The van der Waals surface area contributed by atoms with Crippen molar-refractivity contribution < 1.29 is 9.53 Å². The van der Waals surface area contributed by atoms with E-state index in [1.165, 1.54) is 5.56 Å². The van der Waals surface area contributed by atoms with E-state index in [0.717, 1.165) is 18.4 Å². The number of aromatic nitrogens is 5. The lowest BCUT2D eigenvalue weighted by molar-refractivity contribution is 0.0988. The summed E-state index contributed by atoms with van der Waals surface area (Å²) in [6.07, 6.45) is 7.78. The number of rotatable bonds is 10. The van der Waals surface area contributed by atoms with Gasteiger partial charge in [0, 0.05) is 37.5 Å². The molecule has 38 heavy (non-hydrogen) atoms. The predicted molar refractivity (Wildman–Crippen MR) is 147 cm³/mol. The van der Waals surface area contributed by atoms with E-state index in [9.17, 15) is 4.79 Å². The second-order valence-electron chi connectivity index (χ2n) is 9.63. The number of carbonyl (C=O) groups is 1. The molecule has 1 aromatic carbocycles. The summed E-state index contributed by atoms with van der Waals surface area (Å²) in [6.45, 7) is 1.83. The second-order valence-corrected chi connectivity index (χ2v) is 9.63. The fourth-order valence-electron chi connectivity index (χ4n) is 4.67. The third kappa shape index (κ3) is 4.82. The van der Waals surface area contributed by atoms with Crippen LogP contribution in [0, 0.1) is 0 Å². The highest BCUT2D eigenvalue weighted by Gasteiger charge is 2.46. The van der Waals surface area contributed by atoms with Crippen LogP contribution >= 0.6 is 0 Å². The number of carbonyl (C=O) groups excluding carboxylic acids is 1. The summed E-state index contributed by atoms with van der Waals surface area (Å²) < 4.78 is 7.38. The van der Waals surface area contributed by atoms with E-state index in [-0.39, 0.29) is 11.3 Å². The van der Waals surface area contributed by atoms with Crippen LogP contribution in [0.25, 0.3) is 11.4 Å². The number of pyridine rings is 2. The lowest BCUT2D eigenvalue weighted by Gasteiger charge is -2.24. The molecule has 1 fully saturated rings. The van der Waals surface area contributed by atoms with Crippen molar-refractivity contribution in [3.63, 3.8) is 0 Å². The van der Waals surface area contributed by atoms with Crippen molar-refractivity contribution in [3.8, 4) is 17.1 Å². The number of Topliss-reactive ketones (excluding diaryl/α,β-unsaturated/α-hetero) is 1. The van der Waals surface area contributed by atoms with Crippen molar-refractivity contribution in [3.05, 3.63) is 66.2 Å². The topological polar surface area (TPSA) is 110 Å². The van der Waals surface area contributed by atoms with E-state index in [2.05, 4.69) is 55.7 Å². The minimum atomic E-state index is -0.0195. The molecule has 0 saturated heterocycles. The molecule has 0 radical (unpaired) electrons. The number of nitrogens with one attached hydrogen (secondary N) is 2. The predicted octanol–water partition coefficient (Wildman–Crippen LogP) is 4.91. The summed E-state index contributed by atoms with van der Waals surface area (Å²) in [7, 11) is 7.62. The minimum absolute atomic E-state index is 0.0195. The molecule has 3 aromatic heterocycles. The first-order chi connectivity index (χ1) is 18.3. The molecule has 0 aliphatic heterocycles. The summed E-state index contributed by atoms with van der Waals surface area (Å²) in [5.41, 5.74) is 3.83. The zero-order chi connectivity index (χ0) is 26.9. The Labute approximate surface area is 222 Å². The van der Waals surface area contributed by atoms with Gasteiger partial charge < -0.3 is 15.4 Å². The fourth-order valence-corrected chi connectivity index (χ4v) is 4.67. The van der Waals surface area contributed by atoms with Gasteiger partial charge in [0.05, 0.1) is 29.6 Å². The molecule has 3 heterocycles. The molecule has 0 amide bonds. The standard InChI is InChI=1S/C28H32N8O2/c1-6-23(37)20-16-30-25(33-24-11-10-18(15-29-24)28(12-13-28)35(2)3)14-22(20)32-21-9-7-8-19(26(21)38-5)27-31-17-36(4)34-27/h7-11,14-17H,6,12-13H2,1-5H3,(H2,29,30,32,33). The van der Waals surface area contributed by atoms with Gasteiger partial charge in [0.1, 0.15) is 18.0 Å². The molecule has 1 aliphatic rings. The maximum Gasteiger partial charge on any atom is 0.184 e.